The molecule has 1 aromatic carbocycles. The van der Waals surface area contributed by atoms with Crippen LogP contribution in [0.2, 0.25) is 0 Å². The van der Waals surface area contributed by atoms with Crippen LogP contribution in [-0.2, 0) is 15.7 Å². The van der Waals surface area contributed by atoms with Crippen LogP contribution >= 0.6 is 11.3 Å². The van der Waals surface area contributed by atoms with E-state index in [2.05, 4.69) is 10.3 Å². The maximum absolute atomic E-state index is 12.7. The van der Waals surface area contributed by atoms with Crippen molar-refractivity contribution in [3.05, 3.63) is 40.4 Å². The Balaban J connectivity index is 2.28. The highest BCUT2D eigenvalue weighted by atomic mass is 32.1. The summed E-state index contributed by atoms with van der Waals surface area (Å²) in [7, 11) is 1.24. The number of esters is 1. The first-order chi connectivity index (χ1) is 12.5. The van der Waals surface area contributed by atoms with Crippen LogP contribution < -0.4 is 5.32 Å². The lowest BCUT2D eigenvalue weighted by Crippen LogP contribution is -2.52. The summed E-state index contributed by atoms with van der Waals surface area (Å²) in [4.78, 5) is 29.1. The van der Waals surface area contributed by atoms with Crippen molar-refractivity contribution in [3.8, 4) is 10.6 Å². The quantitative estimate of drug-likeness (QED) is 0.764. The minimum Gasteiger partial charge on any atom is -0.467 e. The van der Waals surface area contributed by atoms with Gasteiger partial charge in [0, 0.05) is 5.56 Å². The van der Waals surface area contributed by atoms with Gasteiger partial charge in [0.25, 0.3) is 5.91 Å². The molecule has 0 bridgehead atoms. The number of ether oxygens (including phenoxy) is 1. The van der Waals surface area contributed by atoms with Crippen LogP contribution in [0, 0.1) is 6.92 Å². The number of carbonyl (C=O) groups excluding carboxylic acids is 2. The number of carbonyl (C=O) groups is 2. The molecular formula is C18H19F3N2O3S. The number of aryl methyl sites for hydroxylation is 1. The van der Waals surface area contributed by atoms with Gasteiger partial charge in [0.1, 0.15) is 15.4 Å². The van der Waals surface area contributed by atoms with E-state index in [-0.39, 0.29) is 4.88 Å². The highest BCUT2D eigenvalue weighted by Crippen LogP contribution is 2.33. The van der Waals surface area contributed by atoms with E-state index in [9.17, 15) is 22.8 Å². The molecule has 1 N–H and O–H groups in total. The van der Waals surface area contributed by atoms with Gasteiger partial charge in [-0.2, -0.15) is 13.2 Å². The van der Waals surface area contributed by atoms with Gasteiger partial charge in [0.15, 0.2) is 0 Å². The normalized spacial score (nSPS) is 13.7. The lowest BCUT2D eigenvalue weighted by atomic mass is 9.99. The van der Waals surface area contributed by atoms with Gasteiger partial charge >= 0.3 is 12.1 Å². The number of rotatable bonds is 5. The molecule has 0 saturated heterocycles. The molecule has 1 unspecified atom stereocenters. The van der Waals surface area contributed by atoms with E-state index in [0.29, 0.717) is 22.7 Å². The second-order valence-electron chi connectivity index (χ2n) is 6.14. The first-order valence-corrected chi connectivity index (χ1v) is 8.89. The summed E-state index contributed by atoms with van der Waals surface area (Å²) < 4.78 is 42.8. The van der Waals surface area contributed by atoms with Crippen molar-refractivity contribution >= 4 is 23.2 Å². The zero-order chi connectivity index (χ0) is 20.4. The molecule has 0 saturated carbocycles. The maximum atomic E-state index is 12.7. The Morgan fingerprint density at radius 1 is 1.22 bits per heavy atom. The Labute approximate surface area is 158 Å². The van der Waals surface area contributed by atoms with Crippen molar-refractivity contribution in [2.45, 2.75) is 38.9 Å². The lowest BCUT2D eigenvalue weighted by molar-refractivity contribution is -0.147. The molecule has 9 heteroatoms. The highest BCUT2D eigenvalue weighted by molar-refractivity contribution is 7.17. The zero-order valence-corrected chi connectivity index (χ0v) is 16.0. The summed E-state index contributed by atoms with van der Waals surface area (Å²) >= 11 is 1.05. The van der Waals surface area contributed by atoms with Gasteiger partial charge in [-0.1, -0.05) is 19.1 Å². The molecule has 0 spiro atoms. The van der Waals surface area contributed by atoms with Crippen LogP contribution in [0.4, 0.5) is 13.2 Å². The highest BCUT2D eigenvalue weighted by Gasteiger charge is 2.35. The lowest BCUT2D eigenvalue weighted by Gasteiger charge is -2.26. The third-order valence-corrected chi connectivity index (χ3v) is 5.40. The molecule has 1 aromatic heterocycles. The number of hydrogen-bond donors (Lipinski definition) is 1. The molecule has 0 aliphatic heterocycles. The smallest absolute Gasteiger partial charge is 0.416 e. The van der Waals surface area contributed by atoms with Crippen LogP contribution in [-0.4, -0.2) is 29.5 Å². The summed E-state index contributed by atoms with van der Waals surface area (Å²) in [5.41, 5.74) is -1.04. The predicted molar refractivity (Wildman–Crippen MR) is 95.5 cm³/mol. The minimum atomic E-state index is -4.42. The molecule has 1 atom stereocenters. The number of halogens is 3. The molecular weight excluding hydrogens is 381 g/mol. The van der Waals surface area contributed by atoms with Gasteiger partial charge in [0.05, 0.1) is 18.4 Å². The average molecular weight is 400 g/mol. The van der Waals surface area contributed by atoms with Gasteiger partial charge in [-0.15, -0.1) is 11.3 Å². The molecule has 0 aliphatic carbocycles. The van der Waals surface area contributed by atoms with Crippen molar-refractivity contribution in [2.24, 2.45) is 0 Å². The van der Waals surface area contributed by atoms with Crippen LogP contribution in [0.3, 0.4) is 0 Å². The number of hydrogen-bond acceptors (Lipinski definition) is 5. The number of aromatic nitrogens is 1. The summed E-state index contributed by atoms with van der Waals surface area (Å²) in [6, 6.07) is 4.56. The van der Waals surface area contributed by atoms with Gasteiger partial charge in [0.2, 0.25) is 0 Å². The van der Waals surface area contributed by atoms with Gasteiger partial charge in [-0.05, 0) is 32.4 Å². The van der Waals surface area contributed by atoms with Crippen molar-refractivity contribution in [1.29, 1.82) is 0 Å². The number of alkyl halides is 3. The molecule has 1 amide bonds. The predicted octanol–water partition coefficient (Wildman–Crippen LogP) is 4.21. The second kappa shape index (κ2) is 7.67. The number of thiazole rings is 1. The Morgan fingerprint density at radius 2 is 1.81 bits per heavy atom. The number of benzene rings is 1. The number of nitrogens with one attached hydrogen (secondary N) is 1. The molecule has 5 nitrogen and oxygen atoms in total. The van der Waals surface area contributed by atoms with Crippen LogP contribution in [0.5, 0.6) is 0 Å². The molecule has 0 fully saturated rings. The number of amides is 1. The molecule has 146 valence electrons. The molecule has 2 rings (SSSR count). The van der Waals surface area contributed by atoms with E-state index in [1.54, 1.807) is 20.8 Å². The third-order valence-electron chi connectivity index (χ3n) is 4.19. The fraction of sp³-hybridized carbons (Fsp3) is 0.389. The topological polar surface area (TPSA) is 68.3 Å². The first-order valence-electron chi connectivity index (χ1n) is 8.08. The van der Waals surface area contributed by atoms with Crippen molar-refractivity contribution < 1.29 is 27.5 Å². The molecule has 27 heavy (non-hydrogen) atoms. The van der Waals surface area contributed by atoms with E-state index in [1.807, 2.05) is 0 Å². The number of nitrogens with zero attached hydrogens (tertiary/aromatic N) is 1. The average Bonchev–Trinajstić information content (AvgIpc) is 3.02. The Hall–Kier alpha value is -2.42. The molecule has 0 radical (unpaired) electrons. The van der Waals surface area contributed by atoms with E-state index in [1.165, 1.54) is 19.2 Å². The van der Waals surface area contributed by atoms with Gasteiger partial charge in [-0.25, -0.2) is 9.78 Å². The van der Waals surface area contributed by atoms with Crippen LogP contribution in [0.1, 0.15) is 41.2 Å². The number of methoxy groups -OCH3 is 1. The van der Waals surface area contributed by atoms with E-state index in [4.69, 9.17) is 4.74 Å². The maximum Gasteiger partial charge on any atom is 0.416 e. The summed E-state index contributed by atoms with van der Waals surface area (Å²) in [6.45, 7) is 4.93. The van der Waals surface area contributed by atoms with E-state index >= 15 is 0 Å². The SMILES string of the molecule is CCC(C)(NC(=O)c1sc(-c2ccc(C(F)(F)F)cc2)nc1C)C(=O)OC. The van der Waals surface area contributed by atoms with Crippen LogP contribution in [0.15, 0.2) is 24.3 Å². The Bertz CT molecular complexity index is 847. The standard InChI is InChI=1S/C18H19F3N2O3S/c1-5-17(3,16(25)26-4)23-14(24)13-10(2)22-15(27-13)11-6-8-12(9-7-11)18(19,20)21/h6-9H,5H2,1-4H3,(H,23,24). The molecule has 2 aromatic rings. The zero-order valence-electron chi connectivity index (χ0n) is 15.2. The largest absolute Gasteiger partial charge is 0.467 e. The van der Waals surface area contributed by atoms with E-state index < -0.39 is 29.2 Å². The summed E-state index contributed by atoms with van der Waals surface area (Å²) in [6.07, 6.45) is -4.09. The van der Waals surface area contributed by atoms with Crippen molar-refractivity contribution in [1.82, 2.24) is 10.3 Å². The third kappa shape index (κ3) is 4.47. The fourth-order valence-corrected chi connectivity index (χ4v) is 3.32. The Morgan fingerprint density at radius 3 is 2.30 bits per heavy atom. The Kier molecular flexibility index (Phi) is 5.94. The monoisotopic (exact) mass is 400 g/mol. The summed E-state index contributed by atoms with van der Waals surface area (Å²) in [5.74, 6) is -1.05. The summed E-state index contributed by atoms with van der Waals surface area (Å²) in [5, 5.41) is 3.07. The van der Waals surface area contributed by atoms with E-state index in [0.717, 1.165) is 23.5 Å². The fourth-order valence-electron chi connectivity index (χ4n) is 2.35. The minimum absolute atomic E-state index is 0.286. The van der Waals surface area contributed by atoms with Gasteiger partial charge in [-0.3, -0.25) is 4.79 Å². The first kappa shape index (κ1) is 20.9. The second-order valence-corrected chi connectivity index (χ2v) is 7.14. The van der Waals surface area contributed by atoms with Gasteiger partial charge < -0.3 is 10.1 Å². The molecule has 1 heterocycles. The van der Waals surface area contributed by atoms with Crippen molar-refractivity contribution in [2.75, 3.05) is 7.11 Å². The van der Waals surface area contributed by atoms with Crippen LogP contribution in [0.25, 0.3) is 10.6 Å². The molecule has 0 aliphatic rings. The van der Waals surface area contributed by atoms with Crippen molar-refractivity contribution in [3.63, 3.8) is 0 Å².